The molecular formula is C18H14F12O2. The predicted octanol–water partition coefficient (Wildman–Crippen LogP) is 6.73. The van der Waals surface area contributed by atoms with Crippen LogP contribution < -0.4 is 0 Å². The minimum absolute atomic E-state index is 0.0403. The molecule has 1 rings (SSSR count). The maximum Gasteiger partial charge on any atom is 0.430 e. The van der Waals surface area contributed by atoms with Crippen molar-refractivity contribution in [3.05, 3.63) is 60.7 Å². The van der Waals surface area contributed by atoms with Crippen molar-refractivity contribution in [2.45, 2.75) is 35.9 Å². The van der Waals surface area contributed by atoms with Gasteiger partial charge in [0.05, 0.1) is 13.2 Å². The van der Waals surface area contributed by atoms with E-state index in [0.29, 0.717) is 12.2 Å². The first-order chi connectivity index (χ1) is 14.3. The third-order valence-electron chi connectivity index (χ3n) is 4.11. The Morgan fingerprint density at radius 1 is 0.594 bits per heavy atom. The highest BCUT2D eigenvalue weighted by molar-refractivity contribution is 5.37. The van der Waals surface area contributed by atoms with Crippen LogP contribution in [0.5, 0.6) is 0 Å². The molecule has 0 N–H and O–H groups in total. The van der Waals surface area contributed by atoms with Gasteiger partial charge in [-0.3, -0.25) is 0 Å². The number of hydrogen-bond acceptors (Lipinski definition) is 2. The number of ether oxygens (including phenoxy) is 2. The lowest BCUT2D eigenvalue weighted by molar-refractivity contribution is -0.389. The van der Waals surface area contributed by atoms with E-state index in [1.807, 2.05) is 0 Å². The zero-order valence-corrected chi connectivity index (χ0v) is 15.6. The Labute approximate surface area is 173 Å². The normalized spacial score (nSPS) is 14.4. The van der Waals surface area contributed by atoms with Crippen molar-refractivity contribution in [3.63, 3.8) is 0 Å². The fourth-order valence-corrected chi connectivity index (χ4v) is 2.80. The number of benzene rings is 1. The Bertz CT molecular complexity index is 711. The summed E-state index contributed by atoms with van der Waals surface area (Å²) in [6, 6.07) is -0.303. The maximum absolute atomic E-state index is 13.6. The van der Waals surface area contributed by atoms with Crippen LogP contribution in [0, 0.1) is 0 Å². The van der Waals surface area contributed by atoms with Crippen LogP contribution in [-0.4, -0.2) is 37.9 Å². The van der Waals surface area contributed by atoms with Gasteiger partial charge in [0.2, 0.25) is 0 Å². The lowest BCUT2D eigenvalue weighted by Gasteiger charge is -2.40. The molecule has 0 spiro atoms. The van der Waals surface area contributed by atoms with Crippen LogP contribution in [0.3, 0.4) is 0 Å². The molecule has 0 amide bonds. The molecule has 0 aliphatic heterocycles. The minimum Gasteiger partial charge on any atom is -0.350 e. The molecule has 14 heteroatoms. The van der Waals surface area contributed by atoms with E-state index in [2.05, 4.69) is 22.6 Å². The van der Waals surface area contributed by atoms with Gasteiger partial charge in [0.1, 0.15) is 0 Å². The predicted molar refractivity (Wildman–Crippen MR) is 86.3 cm³/mol. The summed E-state index contributed by atoms with van der Waals surface area (Å²) in [4.78, 5) is 0. The van der Waals surface area contributed by atoms with Gasteiger partial charge in [-0.2, -0.15) is 52.7 Å². The maximum atomic E-state index is 13.6. The number of halogens is 12. The Hall–Kier alpha value is -2.22. The Balaban J connectivity index is 4.05. The molecule has 0 heterocycles. The topological polar surface area (TPSA) is 18.5 Å². The van der Waals surface area contributed by atoms with Gasteiger partial charge in [-0.1, -0.05) is 30.4 Å². The van der Waals surface area contributed by atoms with E-state index < -0.39 is 66.3 Å². The summed E-state index contributed by atoms with van der Waals surface area (Å²) in [5.74, 6) is 0. The van der Waals surface area contributed by atoms with Gasteiger partial charge in [-0.25, -0.2) is 0 Å². The molecule has 0 saturated heterocycles. The van der Waals surface area contributed by atoms with Crippen LogP contribution in [0.1, 0.15) is 11.1 Å². The third-order valence-corrected chi connectivity index (χ3v) is 4.11. The summed E-state index contributed by atoms with van der Waals surface area (Å²) in [7, 11) is 0. The largest absolute Gasteiger partial charge is 0.430 e. The summed E-state index contributed by atoms with van der Waals surface area (Å²) >= 11 is 0. The van der Waals surface area contributed by atoms with Gasteiger partial charge < -0.3 is 9.47 Å². The van der Waals surface area contributed by atoms with Gasteiger partial charge in [0, 0.05) is 11.1 Å². The second-order valence-corrected chi connectivity index (χ2v) is 6.13. The van der Waals surface area contributed by atoms with Crippen LogP contribution in [-0.2, 0) is 20.7 Å². The highest BCUT2D eigenvalue weighted by atomic mass is 19.4. The molecule has 0 aliphatic rings. The highest BCUT2D eigenvalue weighted by Crippen LogP contribution is 2.56. The number of alkyl halides is 12. The van der Waals surface area contributed by atoms with E-state index in [4.69, 9.17) is 0 Å². The highest BCUT2D eigenvalue weighted by Gasteiger charge is 2.76. The van der Waals surface area contributed by atoms with Gasteiger partial charge >= 0.3 is 24.7 Å². The summed E-state index contributed by atoms with van der Waals surface area (Å²) in [6.07, 6.45) is -24.4. The zero-order valence-electron chi connectivity index (χ0n) is 15.6. The lowest BCUT2D eigenvalue weighted by atomic mass is 9.85. The second kappa shape index (κ2) is 8.96. The average Bonchev–Trinajstić information content (AvgIpc) is 2.58. The van der Waals surface area contributed by atoms with Crippen LogP contribution in [0.25, 0.3) is 0 Å². The summed E-state index contributed by atoms with van der Waals surface area (Å²) < 4.78 is 171. The van der Waals surface area contributed by atoms with Crippen LogP contribution in [0.15, 0.2) is 49.6 Å². The van der Waals surface area contributed by atoms with Gasteiger partial charge in [-0.15, -0.1) is 13.2 Å². The SMILES string of the molecule is C=CCOC(c1cccc(C(OCC=C)(C(F)(F)F)C(F)(F)F)c1)(C(F)(F)F)C(F)(F)F. The molecular weight excluding hydrogens is 476 g/mol. The molecule has 0 fully saturated rings. The van der Waals surface area contributed by atoms with Crippen molar-refractivity contribution in [1.82, 2.24) is 0 Å². The quantitative estimate of drug-likeness (QED) is 0.297. The Morgan fingerprint density at radius 2 is 0.875 bits per heavy atom. The summed E-state index contributed by atoms with van der Waals surface area (Å²) in [5.41, 5.74) is -14.7. The van der Waals surface area contributed by atoms with E-state index >= 15 is 0 Å². The Morgan fingerprint density at radius 3 is 1.09 bits per heavy atom. The van der Waals surface area contributed by atoms with Gasteiger partial charge in [0.15, 0.2) is 0 Å². The molecule has 0 unspecified atom stereocenters. The fourth-order valence-electron chi connectivity index (χ4n) is 2.80. The molecule has 182 valence electrons. The second-order valence-electron chi connectivity index (χ2n) is 6.13. The van der Waals surface area contributed by atoms with E-state index in [0.717, 1.165) is 0 Å². The van der Waals surface area contributed by atoms with Crippen molar-refractivity contribution in [2.75, 3.05) is 13.2 Å². The van der Waals surface area contributed by atoms with Gasteiger partial charge in [0.25, 0.3) is 11.2 Å². The van der Waals surface area contributed by atoms with Crippen LogP contribution in [0.4, 0.5) is 52.7 Å². The molecule has 2 nitrogen and oxygen atoms in total. The molecule has 32 heavy (non-hydrogen) atoms. The molecule has 0 aromatic heterocycles. The summed E-state index contributed by atoms with van der Waals surface area (Å²) in [6.45, 7) is 3.00. The molecule has 1 aromatic carbocycles. The standard InChI is InChI=1S/C18H14F12O2/c1-3-8-31-13(15(19,20)21,16(22,23)24)11-6-5-7-12(10-11)14(17(25,26)27,18(28,29)30)32-9-4-2/h3-7,10H,1-2,8-9H2. The molecule has 0 atom stereocenters. The van der Waals surface area contributed by atoms with E-state index in [-0.39, 0.29) is 18.2 Å². The van der Waals surface area contributed by atoms with E-state index in [1.54, 1.807) is 0 Å². The van der Waals surface area contributed by atoms with E-state index in [1.165, 1.54) is 0 Å². The molecule has 0 aliphatic carbocycles. The average molecular weight is 490 g/mol. The number of rotatable bonds is 8. The first kappa shape index (κ1) is 27.8. The zero-order chi connectivity index (χ0) is 25.2. The molecule has 1 aromatic rings. The lowest BCUT2D eigenvalue weighted by Crippen LogP contribution is -2.57. The van der Waals surface area contributed by atoms with Crippen molar-refractivity contribution in [1.29, 1.82) is 0 Å². The Kier molecular flexibility index (Phi) is 7.79. The smallest absolute Gasteiger partial charge is 0.350 e. The van der Waals surface area contributed by atoms with E-state index in [9.17, 15) is 52.7 Å². The van der Waals surface area contributed by atoms with Crippen molar-refractivity contribution < 1.29 is 62.2 Å². The van der Waals surface area contributed by atoms with Crippen LogP contribution >= 0.6 is 0 Å². The van der Waals surface area contributed by atoms with Crippen molar-refractivity contribution >= 4 is 0 Å². The molecule has 0 radical (unpaired) electrons. The monoisotopic (exact) mass is 490 g/mol. The van der Waals surface area contributed by atoms with Gasteiger partial charge in [-0.05, 0) is 6.07 Å². The number of hydrogen-bond donors (Lipinski definition) is 0. The summed E-state index contributed by atoms with van der Waals surface area (Å²) in [5, 5.41) is 0. The molecule has 0 bridgehead atoms. The van der Waals surface area contributed by atoms with Crippen LogP contribution in [0.2, 0.25) is 0 Å². The minimum atomic E-state index is -6.34. The van der Waals surface area contributed by atoms with Crippen molar-refractivity contribution in [2.24, 2.45) is 0 Å². The molecule has 0 saturated carbocycles. The first-order valence-corrected chi connectivity index (χ1v) is 8.21. The third kappa shape index (κ3) is 4.60. The van der Waals surface area contributed by atoms with Crippen molar-refractivity contribution in [3.8, 4) is 0 Å². The fraction of sp³-hybridized carbons (Fsp3) is 0.444. The first-order valence-electron chi connectivity index (χ1n) is 8.21.